The average Bonchev–Trinajstić information content (AvgIpc) is 2.66. The van der Waals surface area contributed by atoms with Gasteiger partial charge in [-0.15, -0.1) is 0 Å². The summed E-state index contributed by atoms with van der Waals surface area (Å²) in [7, 11) is 0. The molecule has 3 rings (SSSR count). The molecular weight excluding hydrogens is 410 g/mol. The third-order valence-corrected chi connectivity index (χ3v) is 4.90. The third kappa shape index (κ3) is 3.39. The highest BCUT2D eigenvalue weighted by atomic mass is 79.9. The SMILES string of the molecule is Cc1c(C(=O)c2ccccc2Br)c(O)n(Cc2cccnc2)c(=O)c1C#N. The van der Waals surface area contributed by atoms with Gasteiger partial charge in [-0.1, -0.05) is 34.1 Å². The van der Waals surface area contributed by atoms with E-state index in [0.717, 1.165) is 4.57 Å². The highest BCUT2D eigenvalue weighted by molar-refractivity contribution is 9.10. The molecule has 0 bridgehead atoms. The summed E-state index contributed by atoms with van der Waals surface area (Å²) in [6.07, 6.45) is 3.14. The molecular formula is C20H14BrN3O3. The summed E-state index contributed by atoms with van der Waals surface area (Å²) < 4.78 is 1.57. The third-order valence-electron chi connectivity index (χ3n) is 4.21. The Kier molecular flexibility index (Phi) is 5.19. The number of hydrogen-bond acceptors (Lipinski definition) is 5. The Morgan fingerprint density at radius 2 is 2.04 bits per heavy atom. The van der Waals surface area contributed by atoms with E-state index >= 15 is 0 Å². The van der Waals surface area contributed by atoms with Crippen LogP contribution in [0.4, 0.5) is 0 Å². The fraction of sp³-hybridized carbons (Fsp3) is 0.100. The first-order valence-electron chi connectivity index (χ1n) is 8.00. The zero-order valence-electron chi connectivity index (χ0n) is 14.3. The van der Waals surface area contributed by atoms with E-state index in [1.165, 1.54) is 6.92 Å². The average molecular weight is 424 g/mol. The number of nitrogens with zero attached hydrogens (tertiary/aromatic N) is 3. The second-order valence-electron chi connectivity index (χ2n) is 5.87. The number of carbonyl (C=O) groups excluding carboxylic acids is 1. The number of ketones is 1. The number of halogens is 1. The molecule has 6 nitrogen and oxygen atoms in total. The number of hydrogen-bond donors (Lipinski definition) is 1. The van der Waals surface area contributed by atoms with Gasteiger partial charge in [-0.2, -0.15) is 5.26 Å². The molecule has 7 heteroatoms. The standard InChI is InChI=1S/C20H14BrN3O3/c1-12-15(9-22)19(26)24(11-13-5-4-8-23-10-13)20(27)17(12)18(25)14-6-2-3-7-16(14)21/h2-8,10,27H,11H2,1H3. The van der Waals surface area contributed by atoms with Gasteiger partial charge in [-0.25, -0.2) is 0 Å². The molecule has 0 aliphatic heterocycles. The minimum absolute atomic E-state index is 0.0102. The zero-order chi connectivity index (χ0) is 19.6. The first-order chi connectivity index (χ1) is 13.0. The number of pyridine rings is 2. The number of rotatable bonds is 4. The van der Waals surface area contributed by atoms with E-state index in [0.29, 0.717) is 15.6 Å². The van der Waals surface area contributed by atoms with Crippen molar-refractivity contribution >= 4 is 21.7 Å². The Hall–Kier alpha value is -3.24. The van der Waals surface area contributed by atoms with Crippen LogP contribution in [-0.4, -0.2) is 20.4 Å². The highest BCUT2D eigenvalue weighted by Gasteiger charge is 2.25. The Labute approximate surface area is 163 Å². The van der Waals surface area contributed by atoms with Gasteiger partial charge in [0.25, 0.3) is 5.56 Å². The van der Waals surface area contributed by atoms with E-state index in [4.69, 9.17) is 0 Å². The monoisotopic (exact) mass is 423 g/mol. The second-order valence-corrected chi connectivity index (χ2v) is 6.73. The van der Waals surface area contributed by atoms with Gasteiger partial charge < -0.3 is 5.11 Å². The van der Waals surface area contributed by atoms with E-state index in [9.17, 15) is 20.0 Å². The lowest BCUT2D eigenvalue weighted by Gasteiger charge is -2.16. The number of aromatic nitrogens is 2. The first kappa shape index (κ1) is 18.5. The molecule has 1 aromatic carbocycles. The van der Waals surface area contributed by atoms with Crippen LogP contribution in [-0.2, 0) is 6.54 Å². The van der Waals surface area contributed by atoms with Gasteiger partial charge in [-0.3, -0.25) is 19.1 Å². The molecule has 1 N–H and O–H groups in total. The van der Waals surface area contributed by atoms with Gasteiger partial charge >= 0.3 is 0 Å². The van der Waals surface area contributed by atoms with Crippen molar-refractivity contribution in [1.29, 1.82) is 5.26 Å². The Morgan fingerprint density at radius 3 is 2.67 bits per heavy atom. The number of aromatic hydroxyl groups is 1. The van der Waals surface area contributed by atoms with Crippen molar-refractivity contribution in [3.05, 3.63) is 91.4 Å². The van der Waals surface area contributed by atoms with Crippen LogP contribution in [0, 0.1) is 18.3 Å². The van der Waals surface area contributed by atoms with Crippen molar-refractivity contribution in [2.45, 2.75) is 13.5 Å². The van der Waals surface area contributed by atoms with Crippen LogP contribution in [0.2, 0.25) is 0 Å². The van der Waals surface area contributed by atoms with Crippen LogP contribution < -0.4 is 5.56 Å². The fourth-order valence-corrected chi connectivity index (χ4v) is 3.29. The van der Waals surface area contributed by atoms with Gasteiger partial charge in [0, 0.05) is 22.4 Å². The lowest BCUT2D eigenvalue weighted by atomic mass is 9.97. The zero-order valence-corrected chi connectivity index (χ0v) is 15.9. The number of benzene rings is 1. The molecule has 0 unspecified atom stereocenters. The fourth-order valence-electron chi connectivity index (χ4n) is 2.82. The summed E-state index contributed by atoms with van der Waals surface area (Å²) in [5.74, 6) is -0.949. The first-order valence-corrected chi connectivity index (χ1v) is 8.79. The van der Waals surface area contributed by atoms with E-state index in [1.54, 1.807) is 48.8 Å². The molecule has 2 heterocycles. The molecule has 27 heavy (non-hydrogen) atoms. The molecule has 0 amide bonds. The molecule has 134 valence electrons. The van der Waals surface area contributed by atoms with Crippen molar-refractivity contribution in [1.82, 2.24) is 9.55 Å². The van der Waals surface area contributed by atoms with Gasteiger partial charge in [0.1, 0.15) is 11.6 Å². The summed E-state index contributed by atoms with van der Waals surface area (Å²) in [5, 5.41) is 20.2. The normalized spacial score (nSPS) is 10.4. The Bertz CT molecular complexity index is 1130. The Balaban J connectivity index is 2.24. The maximum atomic E-state index is 13.1. The highest BCUT2D eigenvalue weighted by Crippen LogP contribution is 2.28. The summed E-state index contributed by atoms with van der Waals surface area (Å²) in [5.41, 5.74) is 0.241. The maximum Gasteiger partial charge on any atom is 0.271 e. The van der Waals surface area contributed by atoms with E-state index in [-0.39, 0.29) is 23.2 Å². The summed E-state index contributed by atoms with van der Waals surface area (Å²) >= 11 is 3.32. The lowest BCUT2D eigenvalue weighted by Crippen LogP contribution is -2.27. The molecule has 0 saturated heterocycles. The molecule has 0 spiro atoms. The Morgan fingerprint density at radius 1 is 1.30 bits per heavy atom. The van der Waals surface area contributed by atoms with Crippen molar-refractivity contribution in [2.24, 2.45) is 0 Å². The van der Waals surface area contributed by atoms with Gasteiger partial charge in [0.15, 0.2) is 5.78 Å². The molecule has 0 radical (unpaired) electrons. The second kappa shape index (κ2) is 7.56. The van der Waals surface area contributed by atoms with E-state index < -0.39 is 17.2 Å². The van der Waals surface area contributed by atoms with Gasteiger partial charge in [-0.05, 0) is 36.2 Å². The van der Waals surface area contributed by atoms with Crippen LogP contribution in [0.25, 0.3) is 0 Å². The summed E-state index contributed by atoms with van der Waals surface area (Å²) in [4.78, 5) is 29.7. The smallest absolute Gasteiger partial charge is 0.271 e. The van der Waals surface area contributed by atoms with Gasteiger partial charge in [0.2, 0.25) is 5.88 Å². The minimum atomic E-state index is -0.653. The van der Waals surface area contributed by atoms with E-state index in [2.05, 4.69) is 20.9 Å². The van der Waals surface area contributed by atoms with Gasteiger partial charge in [0.05, 0.1) is 12.1 Å². The van der Waals surface area contributed by atoms with Crippen LogP contribution in [0.5, 0.6) is 5.88 Å². The van der Waals surface area contributed by atoms with Crippen molar-refractivity contribution in [3.63, 3.8) is 0 Å². The quantitative estimate of drug-likeness (QED) is 0.650. The predicted octanol–water partition coefficient (Wildman–Crippen LogP) is 3.17. The largest absolute Gasteiger partial charge is 0.494 e. The lowest BCUT2D eigenvalue weighted by molar-refractivity contribution is 0.103. The number of nitriles is 1. The van der Waals surface area contributed by atoms with E-state index in [1.807, 2.05) is 6.07 Å². The van der Waals surface area contributed by atoms with Crippen molar-refractivity contribution < 1.29 is 9.90 Å². The van der Waals surface area contributed by atoms with Crippen molar-refractivity contribution in [2.75, 3.05) is 0 Å². The molecule has 0 aliphatic rings. The topological polar surface area (TPSA) is 96.0 Å². The van der Waals surface area contributed by atoms with Crippen molar-refractivity contribution in [3.8, 4) is 11.9 Å². The van der Waals surface area contributed by atoms with Crippen LogP contribution in [0.3, 0.4) is 0 Å². The molecule has 0 atom stereocenters. The summed E-state index contributed by atoms with van der Waals surface area (Å²) in [6.45, 7) is 1.47. The molecule has 3 aromatic rings. The molecule has 0 saturated carbocycles. The van der Waals surface area contributed by atoms with Crippen LogP contribution >= 0.6 is 15.9 Å². The van der Waals surface area contributed by atoms with Crippen LogP contribution in [0.15, 0.2) is 58.1 Å². The minimum Gasteiger partial charge on any atom is -0.494 e. The molecule has 0 fully saturated rings. The maximum absolute atomic E-state index is 13.1. The molecule has 0 aliphatic carbocycles. The number of carbonyl (C=O) groups is 1. The van der Waals surface area contributed by atoms with Crippen LogP contribution in [0.1, 0.15) is 32.6 Å². The summed E-state index contributed by atoms with van der Waals surface area (Å²) in [6, 6.07) is 12.1. The predicted molar refractivity (Wildman–Crippen MR) is 103 cm³/mol. The molecule has 2 aromatic heterocycles.